The van der Waals surface area contributed by atoms with Crippen LogP contribution in [0.15, 0.2) is 42.5 Å². The number of carbonyl (C=O) groups excluding carboxylic acids is 2. The monoisotopic (exact) mass is 366 g/mol. The summed E-state index contributed by atoms with van der Waals surface area (Å²) in [5.41, 5.74) is 5.85. The topological polar surface area (TPSA) is 67.4 Å². The smallest absolute Gasteiger partial charge is 0.271 e. The molecule has 0 atom stereocenters. The molecule has 0 fully saturated rings. The Morgan fingerprint density at radius 3 is 2.62 bits per heavy atom. The Labute approximate surface area is 149 Å². The molecule has 0 saturated carbocycles. The Kier molecular flexibility index (Phi) is 6.46. The van der Waals surface area contributed by atoms with E-state index in [-0.39, 0.29) is 29.5 Å². The van der Waals surface area contributed by atoms with E-state index in [9.17, 15) is 9.59 Å². The number of hydrogen-bond acceptors (Lipinski definition) is 3. The first-order valence-electron chi connectivity index (χ1n) is 7.19. The Morgan fingerprint density at radius 1 is 1.08 bits per heavy atom. The summed E-state index contributed by atoms with van der Waals surface area (Å²) in [5.74, 6) is -0.234. The zero-order valence-electron chi connectivity index (χ0n) is 12.9. The van der Waals surface area contributed by atoms with Gasteiger partial charge >= 0.3 is 0 Å². The van der Waals surface area contributed by atoms with Crippen LogP contribution in [-0.4, -0.2) is 18.4 Å². The first-order chi connectivity index (χ1) is 11.5. The van der Waals surface area contributed by atoms with E-state index in [0.717, 1.165) is 5.56 Å². The van der Waals surface area contributed by atoms with Crippen LogP contribution in [0.3, 0.4) is 0 Å². The van der Waals surface area contributed by atoms with E-state index in [4.69, 9.17) is 27.9 Å². The normalized spacial score (nSPS) is 10.1. The molecular formula is C17H16Cl2N2O3. The van der Waals surface area contributed by atoms with Crippen molar-refractivity contribution in [2.45, 2.75) is 13.3 Å². The van der Waals surface area contributed by atoms with E-state index in [1.54, 1.807) is 6.07 Å². The molecule has 2 rings (SSSR count). The predicted octanol–water partition coefficient (Wildman–Crippen LogP) is 3.53. The van der Waals surface area contributed by atoms with Gasteiger partial charge in [0.25, 0.3) is 5.91 Å². The van der Waals surface area contributed by atoms with Crippen LogP contribution in [0.1, 0.15) is 22.3 Å². The van der Waals surface area contributed by atoms with Crippen molar-refractivity contribution in [3.8, 4) is 5.75 Å². The maximum atomic E-state index is 12.0. The first kappa shape index (κ1) is 18.1. The largest absolute Gasteiger partial charge is 0.493 e. The summed E-state index contributed by atoms with van der Waals surface area (Å²) in [4.78, 5) is 23.7. The molecule has 0 heterocycles. The van der Waals surface area contributed by atoms with Crippen LogP contribution >= 0.6 is 23.2 Å². The molecule has 5 nitrogen and oxygen atoms in total. The van der Waals surface area contributed by atoms with Crippen molar-refractivity contribution in [1.29, 1.82) is 0 Å². The highest BCUT2D eigenvalue weighted by atomic mass is 35.5. The van der Waals surface area contributed by atoms with Crippen LogP contribution in [0.2, 0.25) is 10.0 Å². The number of hydrogen-bond donors (Lipinski definition) is 2. The van der Waals surface area contributed by atoms with Crippen LogP contribution in [0.25, 0.3) is 0 Å². The quantitative estimate of drug-likeness (QED) is 0.795. The summed E-state index contributed by atoms with van der Waals surface area (Å²) >= 11 is 11.7. The summed E-state index contributed by atoms with van der Waals surface area (Å²) in [6, 6.07) is 12.0. The molecule has 126 valence electrons. The van der Waals surface area contributed by atoms with E-state index in [1.807, 2.05) is 31.2 Å². The zero-order valence-corrected chi connectivity index (χ0v) is 14.4. The molecule has 0 aliphatic carbocycles. The molecular weight excluding hydrogens is 351 g/mol. The lowest BCUT2D eigenvalue weighted by atomic mass is 10.2. The summed E-state index contributed by atoms with van der Waals surface area (Å²) in [5, 5.41) is 0.622. The summed E-state index contributed by atoms with van der Waals surface area (Å²) in [7, 11) is 0. The maximum Gasteiger partial charge on any atom is 0.271 e. The molecule has 2 aromatic rings. The van der Waals surface area contributed by atoms with Gasteiger partial charge in [0.15, 0.2) is 0 Å². The highest BCUT2D eigenvalue weighted by molar-refractivity contribution is 6.35. The second-order valence-corrected chi connectivity index (χ2v) is 5.89. The van der Waals surface area contributed by atoms with Crippen LogP contribution < -0.4 is 15.6 Å². The van der Waals surface area contributed by atoms with Crippen molar-refractivity contribution >= 4 is 35.0 Å². The van der Waals surface area contributed by atoms with Gasteiger partial charge in [-0.3, -0.25) is 20.4 Å². The van der Waals surface area contributed by atoms with Gasteiger partial charge in [-0.1, -0.05) is 35.3 Å². The Morgan fingerprint density at radius 2 is 1.88 bits per heavy atom. The molecule has 0 spiro atoms. The van der Waals surface area contributed by atoms with Gasteiger partial charge < -0.3 is 4.74 Å². The number of ether oxygens (including phenoxy) is 1. The van der Waals surface area contributed by atoms with E-state index in [2.05, 4.69) is 10.9 Å². The fourth-order valence-corrected chi connectivity index (χ4v) is 2.27. The predicted molar refractivity (Wildman–Crippen MR) is 93.4 cm³/mol. The van der Waals surface area contributed by atoms with Crippen molar-refractivity contribution < 1.29 is 14.3 Å². The number of hydrazine groups is 1. The molecule has 2 amide bonds. The van der Waals surface area contributed by atoms with Crippen LogP contribution in [0, 0.1) is 6.92 Å². The number of carbonyl (C=O) groups is 2. The first-order valence-corrected chi connectivity index (χ1v) is 7.95. The number of amides is 2. The molecule has 0 aliphatic heterocycles. The standard InChI is InChI=1S/C17H16Cl2N2O3/c1-11-3-2-4-13(9-11)24-8-7-16(22)20-21-17(23)14-10-12(18)5-6-15(14)19/h2-6,9-10H,7-8H2,1H3,(H,20,22)(H,21,23). The van der Waals surface area contributed by atoms with Crippen LogP contribution in [0.4, 0.5) is 0 Å². The lowest BCUT2D eigenvalue weighted by Crippen LogP contribution is -2.42. The third kappa shape index (κ3) is 5.44. The third-order valence-electron chi connectivity index (χ3n) is 3.08. The zero-order chi connectivity index (χ0) is 17.5. The average Bonchev–Trinajstić information content (AvgIpc) is 2.55. The number of halogens is 2. The molecule has 2 N–H and O–H groups in total. The van der Waals surface area contributed by atoms with E-state index in [1.165, 1.54) is 12.1 Å². The van der Waals surface area contributed by atoms with Crippen molar-refractivity contribution in [1.82, 2.24) is 10.9 Å². The molecule has 0 radical (unpaired) electrons. The van der Waals surface area contributed by atoms with Crippen molar-refractivity contribution in [2.75, 3.05) is 6.61 Å². The number of nitrogens with one attached hydrogen (secondary N) is 2. The van der Waals surface area contributed by atoms with Gasteiger partial charge in [0, 0.05) is 5.02 Å². The number of benzene rings is 2. The molecule has 0 saturated heterocycles. The molecule has 0 aromatic heterocycles. The number of rotatable bonds is 5. The SMILES string of the molecule is Cc1cccc(OCCC(=O)NNC(=O)c2cc(Cl)ccc2Cl)c1. The lowest BCUT2D eigenvalue weighted by Gasteiger charge is -2.10. The fourth-order valence-electron chi connectivity index (χ4n) is 1.89. The van der Waals surface area contributed by atoms with Crippen LogP contribution in [-0.2, 0) is 4.79 Å². The Hall–Kier alpha value is -2.24. The van der Waals surface area contributed by atoms with Gasteiger partial charge in [-0.25, -0.2) is 0 Å². The lowest BCUT2D eigenvalue weighted by molar-refractivity contribution is -0.122. The van der Waals surface area contributed by atoms with E-state index < -0.39 is 5.91 Å². The van der Waals surface area contributed by atoms with Gasteiger partial charge in [0.2, 0.25) is 5.91 Å². The molecule has 7 heteroatoms. The molecule has 2 aromatic carbocycles. The highest BCUT2D eigenvalue weighted by Gasteiger charge is 2.12. The second-order valence-electron chi connectivity index (χ2n) is 5.04. The Bertz CT molecular complexity index is 750. The highest BCUT2D eigenvalue weighted by Crippen LogP contribution is 2.20. The van der Waals surface area contributed by atoms with Gasteiger partial charge in [-0.2, -0.15) is 0 Å². The minimum Gasteiger partial charge on any atom is -0.493 e. The Balaban J connectivity index is 1.76. The van der Waals surface area contributed by atoms with Crippen molar-refractivity contribution in [2.24, 2.45) is 0 Å². The van der Waals surface area contributed by atoms with Crippen molar-refractivity contribution in [3.05, 3.63) is 63.6 Å². The van der Waals surface area contributed by atoms with Gasteiger partial charge in [0.05, 0.1) is 23.6 Å². The average molecular weight is 367 g/mol. The van der Waals surface area contributed by atoms with E-state index in [0.29, 0.717) is 10.8 Å². The fraction of sp³-hybridized carbons (Fsp3) is 0.176. The van der Waals surface area contributed by atoms with Gasteiger partial charge in [-0.15, -0.1) is 0 Å². The van der Waals surface area contributed by atoms with E-state index >= 15 is 0 Å². The molecule has 0 bridgehead atoms. The van der Waals surface area contributed by atoms with Crippen LogP contribution in [0.5, 0.6) is 5.75 Å². The molecule has 0 aliphatic rings. The summed E-state index contributed by atoms with van der Waals surface area (Å²) < 4.78 is 5.47. The number of aryl methyl sites for hydroxylation is 1. The molecule has 0 unspecified atom stereocenters. The minimum absolute atomic E-state index is 0.0947. The third-order valence-corrected chi connectivity index (χ3v) is 3.64. The summed E-state index contributed by atoms with van der Waals surface area (Å²) in [6.07, 6.45) is 0.0947. The van der Waals surface area contributed by atoms with Gasteiger partial charge in [0.1, 0.15) is 5.75 Å². The van der Waals surface area contributed by atoms with Gasteiger partial charge in [-0.05, 0) is 42.8 Å². The second kappa shape index (κ2) is 8.57. The minimum atomic E-state index is -0.546. The maximum absolute atomic E-state index is 12.0. The summed E-state index contributed by atoms with van der Waals surface area (Å²) in [6.45, 7) is 2.15. The molecule has 24 heavy (non-hydrogen) atoms. The van der Waals surface area contributed by atoms with Crippen molar-refractivity contribution in [3.63, 3.8) is 0 Å².